The van der Waals surface area contributed by atoms with Gasteiger partial charge in [0, 0.05) is 18.3 Å². The number of nitrogens with zero attached hydrogens (tertiary/aromatic N) is 3. The Bertz CT molecular complexity index is 608. The Labute approximate surface area is 119 Å². The van der Waals surface area contributed by atoms with Gasteiger partial charge in [0.2, 0.25) is 5.89 Å². The van der Waals surface area contributed by atoms with Gasteiger partial charge in [-0.3, -0.25) is 0 Å². The number of nitrogens with one attached hydrogen (secondary N) is 3. The fourth-order valence-corrected chi connectivity index (χ4v) is 1.59. The molecule has 0 radical (unpaired) electrons. The van der Waals surface area contributed by atoms with Crippen LogP contribution in [0.3, 0.4) is 0 Å². The van der Waals surface area contributed by atoms with Crippen molar-refractivity contribution in [3.8, 4) is 0 Å². The van der Waals surface area contributed by atoms with Gasteiger partial charge in [0.1, 0.15) is 6.04 Å². The minimum absolute atomic E-state index is 0.0169. The molecule has 2 rings (SSSR count). The summed E-state index contributed by atoms with van der Waals surface area (Å²) < 4.78 is 4.82. The minimum atomic E-state index is -1.15. The van der Waals surface area contributed by atoms with Gasteiger partial charge in [0.05, 0.1) is 12.9 Å². The Morgan fingerprint density at radius 2 is 2.33 bits per heavy atom. The SMILES string of the molecule is Cc1noc(CNC(=O)N[C@@H](Cc2cnc[nH]2)C(=O)O)n1. The standard InChI is InChI=1S/C11H14N6O4/c1-6-15-9(21-17-6)4-13-11(20)16-8(10(18)19)2-7-3-12-5-14-7/h3,5,8H,2,4H2,1H3,(H,12,14)(H,18,19)(H2,13,16,20)/t8-/m0/s1. The van der Waals surface area contributed by atoms with Gasteiger partial charge in [0.15, 0.2) is 5.82 Å². The molecule has 21 heavy (non-hydrogen) atoms. The third-order valence-corrected chi connectivity index (χ3v) is 2.55. The lowest BCUT2D eigenvalue weighted by atomic mass is 10.2. The second-order valence-electron chi connectivity index (χ2n) is 4.23. The number of aliphatic carboxylic acids is 1. The minimum Gasteiger partial charge on any atom is -0.480 e. The second kappa shape index (κ2) is 6.50. The molecule has 4 N–H and O–H groups in total. The molecule has 0 aliphatic carbocycles. The summed E-state index contributed by atoms with van der Waals surface area (Å²) in [5.74, 6) is -0.452. The second-order valence-corrected chi connectivity index (χ2v) is 4.23. The van der Waals surface area contributed by atoms with Gasteiger partial charge in [-0.2, -0.15) is 4.98 Å². The number of hydrogen-bond acceptors (Lipinski definition) is 6. The molecule has 0 bridgehead atoms. The molecular weight excluding hydrogens is 280 g/mol. The van der Waals surface area contributed by atoms with Crippen LogP contribution in [0.1, 0.15) is 17.4 Å². The highest BCUT2D eigenvalue weighted by Crippen LogP contribution is 1.99. The third-order valence-electron chi connectivity index (χ3n) is 2.55. The molecule has 2 amide bonds. The molecule has 2 aromatic rings. The van der Waals surface area contributed by atoms with Gasteiger partial charge in [-0.05, 0) is 6.92 Å². The van der Waals surface area contributed by atoms with Crippen LogP contribution >= 0.6 is 0 Å². The first-order chi connectivity index (χ1) is 10.0. The van der Waals surface area contributed by atoms with Gasteiger partial charge >= 0.3 is 12.0 Å². The molecule has 0 aliphatic rings. The molecule has 2 aromatic heterocycles. The smallest absolute Gasteiger partial charge is 0.326 e. The van der Waals surface area contributed by atoms with Crippen molar-refractivity contribution in [2.24, 2.45) is 0 Å². The maximum atomic E-state index is 11.7. The molecule has 10 nitrogen and oxygen atoms in total. The number of hydrogen-bond donors (Lipinski definition) is 4. The van der Waals surface area contributed by atoms with E-state index in [2.05, 4.69) is 30.7 Å². The Morgan fingerprint density at radius 3 is 2.90 bits per heavy atom. The molecule has 10 heteroatoms. The van der Waals surface area contributed by atoms with E-state index in [-0.39, 0.29) is 18.9 Å². The van der Waals surface area contributed by atoms with Gasteiger partial charge in [-0.15, -0.1) is 0 Å². The van der Waals surface area contributed by atoms with Crippen LogP contribution in [0, 0.1) is 6.92 Å². The predicted octanol–water partition coefficient (Wildman–Crippen LogP) is -0.404. The number of aryl methyl sites for hydroxylation is 1. The van der Waals surface area contributed by atoms with Gasteiger partial charge in [-0.25, -0.2) is 14.6 Å². The number of rotatable bonds is 6. The van der Waals surface area contributed by atoms with Crippen LogP contribution in [-0.4, -0.2) is 43.3 Å². The van der Waals surface area contributed by atoms with Crippen LogP contribution in [0.2, 0.25) is 0 Å². The average Bonchev–Trinajstić information content (AvgIpc) is 3.07. The lowest BCUT2D eigenvalue weighted by Gasteiger charge is -2.13. The normalized spacial score (nSPS) is 11.9. The fraction of sp³-hybridized carbons (Fsp3) is 0.364. The Morgan fingerprint density at radius 1 is 1.52 bits per heavy atom. The zero-order chi connectivity index (χ0) is 15.2. The number of aromatic amines is 1. The number of amides is 2. The summed E-state index contributed by atoms with van der Waals surface area (Å²) in [6.07, 6.45) is 3.03. The molecule has 0 unspecified atom stereocenters. The van der Waals surface area contributed by atoms with Crippen molar-refractivity contribution in [2.45, 2.75) is 25.9 Å². The topological polar surface area (TPSA) is 146 Å². The number of aromatic nitrogens is 4. The molecule has 1 atom stereocenters. The van der Waals surface area contributed by atoms with Crippen LogP contribution in [-0.2, 0) is 17.8 Å². The van der Waals surface area contributed by atoms with Crippen LogP contribution < -0.4 is 10.6 Å². The van der Waals surface area contributed by atoms with Crippen molar-refractivity contribution < 1.29 is 19.2 Å². The first-order valence-corrected chi connectivity index (χ1v) is 6.08. The van der Waals surface area contributed by atoms with Gasteiger partial charge in [-0.1, -0.05) is 5.16 Å². The zero-order valence-corrected chi connectivity index (χ0v) is 11.2. The summed E-state index contributed by atoms with van der Waals surface area (Å²) in [6.45, 7) is 1.67. The first kappa shape index (κ1) is 14.5. The van der Waals surface area contributed by atoms with Crippen LogP contribution in [0.4, 0.5) is 4.79 Å². The van der Waals surface area contributed by atoms with Gasteiger partial charge in [0.25, 0.3) is 0 Å². The van der Waals surface area contributed by atoms with Crippen molar-refractivity contribution in [2.75, 3.05) is 0 Å². The van der Waals surface area contributed by atoms with Crippen molar-refractivity contribution in [1.82, 2.24) is 30.7 Å². The maximum absolute atomic E-state index is 11.7. The average molecular weight is 294 g/mol. The summed E-state index contributed by atoms with van der Waals surface area (Å²) in [5.41, 5.74) is 0.607. The van der Waals surface area contributed by atoms with Crippen molar-refractivity contribution >= 4 is 12.0 Å². The van der Waals surface area contributed by atoms with E-state index in [1.54, 1.807) is 6.92 Å². The van der Waals surface area contributed by atoms with E-state index in [1.807, 2.05) is 0 Å². The van der Waals surface area contributed by atoms with Crippen LogP contribution in [0.15, 0.2) is 17.0 Å². The molecule has 0 fully saturated rings. The van der Waals surface area contributed by atoms with E-state index in [9.17, 15) is 9.59 Å². The number of carboxylic acid groups (broad SMARTS) is 1. The largest absolute Gasteiger partial charge is 0.480 e. The van der Waals surface area contributed by atoms with Crippen LogP contribution in [0.25, 0.3) is 0 Å². The molecule has 0 aromatic carbocycles. The lowest BCUT2D eigenvalue weighted by Crippen LogP contribution is -2.47. The van der Waals surface area contributed by atoms with E-state index in [1.165, 1.54) is 12.5 Å². The Hall–Kier alpha value is -2.91. The molecule has 0 aliphatic heterocycles. The number of imidazole rings is 1. The van der Waals surface area contributed by atoms with E-state index in [0.29, 0.717) is 11.5 Å². The molecule has 2 heterocycles. The quantitative estimate of drug-likeness (QED) is 0.566. The number of carbonyl (C=O) groups is 2. The molecule has 0 saturated carbocycles. The van der Waals surface area contributed by atoms with E-state index in [4.69, 9.17) is 9.63 Å². The number of urea groups is 1. The summed E-state index contributed by atoms with van der Waals surface area (Å²) in [6, 6.07) is -1.72. The van der Waals surface area contributed by atoms with Crippen molar-refractivity contribution in [3.05, 3.63) is 29.9 Å². The van der Waals surface area contributed by atoms with E-state index >= 15 is 0 Å². The third kappa shape index (κ3) is 4.30. The monoisotopic (exact) mass is 294 g/mol. The highest BCUT2D eigenvalue weighted by Gasteiger charge is 2.21. The number of carboxylic acids is 1. The number of H-pyrrole nitrogens is 1. The summed E-state index contributed by atoms with van der Waals surface area (Å²) >= 11 is 0. The number of carbonyl (C=O) groups excluding carboxylic acids is 1. The first-order valence-electron chi connectivity index (χ1n) is 6.08. The molecular formula is C11H14N6O4. The van der Waals surface area contributed by atoms with E-state index in [0.717, 1.165) is 0 Å². The summed E-state index contributed by atoms with van der Waals surface area (Å²) in [7, 11) is 0. The lowest BCUT2D eigenvalue weighted by molar-refractivity contribution is -0.139. The van der Waals surface area contributed by atoms with Crippen molar-refractivity contribution in [3.63, 3.8) is 0 Å². The van der Waals surface area contributed by atoms with E-state index < -0.39 is 18.0 Å². The zero-order valence-electron chi connectivity index (χ0n) is 11.2. The Balaban J connectivity index is 1.84. The molecule has 0 saturated heterocycles. The Kier molecular flexibility index (Phi) is 4.49. The summed E-state index contributed by atoms with van der Waals surface area (Å²) in [4.78, 5) is 33.3. The van der Waals surface area contributed by atoms with Crippen molar-refractivity contribution in [1.29, 1.82) is 0 Å². The fourth-order valence-electron chi connectivity index (χ4n) is 1.59. The molecule has 112 valence electrons. The summed E-state index contributed by atoms with van der Waals surface area (Å²) in [5, 5.41) is 17.4. The highest BCUT2D eigenvalue weighted by molar-refractivity contribution is 5.82. The highest BCUT2D eigenvalue weighted by atomic mass is 16.5. The maximum Gasteiger partial charge on any atom is 0.326 e. The molecule has 0 spiro atoms. The van der Waals surface area contributed by atoms with Crippen LogP contribution in [0.5, 0.6) is 0 Å². The predicted molar refractivity (Wildman–Crippen MR) is 68.1 cm³/mol. The van der Waals surface area contributed by atoms with Gasteiger partial charge < -0.3 is 25.2 Å².